The molecule has 3 heterocycles. The number of rotatable bonds is 7. The molecule has 0 radical (unpaired) electrons. The van der Waals surface area contributed by atoms with Crippen molar-refractivity contribution in [1.29, 1.82) is 0 Å². The van der Waals surface area contributed by atoms with Crippen molar-refractivity contribution in [1.82, 2.24) is 19.7 Å². The Kier molecular flexibility index (Phi) is 5.94. The molecule has 0 fully saturated rings. The van der Waals surface area contributed by atoms with Crippen LogP contribution in [-0.4, -0.2) is 39.1 Å². The van der Waals surface area contributed by atoms with Crippen molar-refractivity contribution >= 4 is 38.2 Å². The van der Waals surface area contributed by atoms with Crippen LogP contribution < -0.4 is 10.3 Å². The number of methoxy groups -OCH3 is 1. The summed E-state index contributed by atoms with van der Waals surface area (Å²) in [6.45, 7) is 2.45. The molecule has 7 nitrogen and oxygen atoms in total. The summed E-state index contributed by atoms with van der Waals surface area (Å²) in [5.74, 6) is 0.822. The molecule has 6 rings (SSSR count). The van der Waals surface area contributed by atoms with Gasteiger partial charge >= 0.3 is 0 Å². The van der Waals surface area contributed by atoms with Gasteiger partial charge in [0.25, 0.3) is 5.56 Å². The predicted octanol–water partition coefficient (Wildman–Crippen LogP) is 5.98. The van der Waals surface area contributed by atoms with Crippen LogP contribution >= 0.6 is 11.3 Å². The van der Waals surface area contributed by atoms with Crippen molar-refractivity contribution in [3.8, 4) is 22.1 Å². The zero-order chi connectivity index (χ0) is 25.4. The zero-order valence-electron chi connectivity index (χ0n) is 20.5. The largest absolute Gasteiger partial charge is 0.497 e. The maximum absolute atomic E-state index is 13.7. The highest BCUT2D eigenvalue weighted by molar-refractivity contribution is 7.20. The first-order valence-corrected chi connectivity index (χ1v) is 12.9. The first-order valence-electron chi connectivity index (χ1n) is 12.0. The van der Waals surface area contributed by atoms with E-state index in [1.165, 1.54) is 16.0 Å². The minimum atomic E-state index is -0.156. The number of aliphatic imine (C=N–C) groups is 1. The topological polar surface area (TPSA) is 88.1 Å². The molecule has 0 aliphatic heterocycles. The zero-order valence-corrected chi connectivity index (χ0v) is 21.3. The number of para-hydroxylation sites is 1. The molecule has 6 aromatic rings. The van der Waals surface area contributed by atoms with Gasteiger partial charge in [-0.3, -0.25) is 14.9 Å². The second-order valence-corrected chi connectivity index (χ2v) is 9.78. The van der Waals surface area contributed by atoms with E-state index < -0.39 is 0 Å². The molecule has 8 heteroatoms. The third kappa shape index (κ3) is 4.25. The lowest BCUT2D eigenvalue weighted by Gasteiger charge is -2.04. The predicted molar refractivity (Wildman–Crippen MR) is 151 cm³/mol. The molecular formula is C29H25N5O2S. The third-order valence-electron chi connectivity index (χ3n) is 6.49. The maximum atomic E-state index is 13.7. The Morgan fingerprint density at radius 2 is 1.89 bits per heavy atom. The van der Waals surface area contributed by atoms with Gasteiger partial charge in [0.15, 0.2) is 0 Å². The van der Waals surface area contributed by atoms with E-state index in [0.717, 1.165) is 50.1 Å². The van der Waals surface area contributed by atoms with Crippen molar-refractivity contribution in [2.45, 2.75) is 13.3 Å². The lowest BCUT2D eigenvalue weighted by molar-refractivity contribution is 0.415. The highest BCUT2D eigenvalue weighted by Gasteiger charge is 2.21. The number of hydrogen-bond donors (Lipinski definition) is 2. The van der Waals surface area contributed by atoms with Crippen LogP contribution in [0.5, 0.6) is 5.75 Å². The average Bonchev–Trinajstić information content (AvgIpc) is 3.63. The van der Waals surface area contributed by atoms with Crippen LogP contribution in [0.2, 0.25) is 0 Å². The molecule has 184 valence electrons. The molecule has 0 saturated carbocycles. The van der Waals surface area contributed by atoms with Crippen LogP contribution in [0.25, 0.3) is 37.5 Å². The number of hydrogen-bond acceptors (Lipinski definition) is 5. The first-order chi connectivity index (χ1) is 18.1. The molecule has 0 unspecified atom stereocenters. The monoisotopic (exact) mass is 507 g/mol. The molecule has 0 amide bonds. The van der Waals surface area contributed by atoms with Crippen molar-refractivity contribution in [2.24, 2.45) is 4.99 Å². The van der Waals surface area contributed by atoms with E-state index in [-0.39, 0.29) is 5.56 Å². The van der Waals surface area contributed by atoms with Crippen LogP contribution in [-0.2, 0) is 6.42 Å². The molecule has 0 saturated heterocycles. The fourth-order valence-electron chi connectivity index (χ4n) is 4.59. The Morgan fingerprint density at radius 1 is 1.08 bits per heavy atom. The molecule has 3 aromatic carbocycles. The molecule has 0 aliphatic rings. The van der Waals surface area contributed by atoms with Crippen LogP contribution in [0.15, 0.2) is 88.8 Å². The van der Waals surface area contributed by atoms with Gasteiger partial charge in [-0.05, 0) is 49.2 Å². The summed E-state index contributed by atoms with van der Waals surface area (Å²) in [6.07, 6.45) is 2.75. The normalized spacial score (nSPS) is 12.0. The van der Waals surface area contributed by atoms with Gasteiger partial charge in [0, 0.05) is 34.9 Å². The lowest BCUT2D eigenvalue weighted by atomic mass is 10.1. The van der Waals surface area contributed by atoms with Crippen LogP contribution in [0.3, 0.4) is 0 Å². The second-order valence-electron chi connectivity index (χ2n) is 8.78. The van der Waals surface area contributed by atoms with Gasteiger partial charge < -0.3 is 9.72 Å². The first kappa shape index (κ1) is 23.0. The number of ether oxygens (including phenoxy) is 1. The standard InChI is InChI=1S/C29H25N5O2S/c1-18(30-15-14-20-17-31-23-13-12-21(36-2)16-22(20)23)26-27(19-8-4-3-5-9-19)33-34(28(26)35)29-32-24-10-6-7-11-25(24)37-29/h3-13,16-17,31,33H,14-15H2,1-2H3. The highest BCUT2D eigenvalue weighted by Crippen LogP contribution is 2.27. The number of aromatic amines is 2. The number of fused-ring (bicyclic) bond motifs is 2. The van der Waals surface area contributed by atoms with Crippen molar-refractivity contribution < 1.29 is 4.74 Å². The third-order valence-corrected chi connectivity index (χ3v) is 7.51. The summed E-state index contributed by atoms with van der Waals surface area (Å²) in [4.78, 5) is 26.6. The maximum Gasteiger partial charge on any atom is 0.283 e. The molecule has 0 spiro atoms. The smallest absolute Gasteiger partial charge is 0.283 e. The van der Waals surface area contributed by atoms with E-state index in [1.54, 1.807) is 7.11 Å². The average molecular weight is 508 g/mol. The van der Waals surface area contributed by atoms with Crippen LogP contribution in [0.4, 0.5) is 0 Å². The quantitative estimate of drug-likeness (QED) is 0.260. The van der Waals surface area contributed by atoms with Crippen molar-refractivity contribution in [3.05, 3.63) is 100 Å². The minimum absolute atomic E-state index is 0.156. The SMILES string of the molecule is COc1ccc2[nH]cc(CCN=C(C)c3c(-c4ccccc4)[nH]n(-c4nc5ccccc5s4)c3=O)c2c1. The van der Waals surface area contributed by atoms with Crippen molar-refractivity contribution in [2.75, 3.05) is 13.7 Å². The summed E-state index contributed by atoms with van der Waals surface area (Å²) in [5, 5.41) is 5.05. The molecule has 0 atom stereocenters. The fraction of sp³-hybridized carbons (Fsp3) is 0.138. The van der Waals surface area contributed by atoms with Gasteiger partial charge in [-0.1, -0.05) is 53.8 Å². The van der Waals surface area contributed by atoms with Gasteiger partial charge in [0.2, 0.25) is 5.13 Å². The minimum Gasteiger partial charge on any atom is -0.497 e. The molecule has 3 aromatic heterocycles. The molecule has 37 heavy (non-hydrogen) atoms. The molecule has 0 aliphatic carbocycles. The van der Waals surface area contributed by atoms with E-state index in [4.69, 9.17) is 9.73 Å². The summed E-state index contributed by atoms with van der Waals surface area (Å²) in [7, 11) is 1.67. The number of benzene rings is 3. The Hall–Kier alpha value is -4.43. The van der Waals surface area contributed by atoms with E-state index in [9.17, 15) is 4.79 Å². The lowest BCUT2D eigenvalue weighted by Crippen LogP contribution is -2.19. The fourth-order valence-corrected chi connectivity index (χ4v) is 5.52. The molecule has 2 N–H and O–H groups in total. The number of H-pyrrole nitrogens is 2. The Labute approximate surface area is 217 Å². The summed E-state index contributed by atoms with van der Waals surface area (Å²) in [5.41, 5.74) is 5.85. The molecular weight excluding hydrogens is 482 g/mol. The van der Waals surface area contributed by atoms with Gasteiger partial charge in [-0.25, -0.2) is 4.98 Å². The van der Waals surface area contributed by atoms with E-state index >= 15 is 0 Å². The number of nitrogens with one attached hydrogen (secondary N) is 2. The summed E-state index contributed by atoms with van der Waals surface area (Å²) in [6, 6.07) is 23.8. The van der Waals surface area contributed by atoms with Gasteiger partial charge in [0.1, 0.15) is 5.75 Å². The van der Waals surface area contributed by atoms with Crippen molar-refractivity contribution in [3.63, 3.8) is 0 Å². The molecule has 0 bridgehead atoms. The summed E-state index contributed by atoms with van der Waals surface area (Å²) < 4.78 is 7.95. The van der Waals surface area contributed by atoms with Crippen LogP contribution in [0, 0.1) is 0 Å². The van der Waals surface area contributed by atoms with Crippen LogP contribution in [0.1, 0.15) is 18.1 Å². The van der Waals surface area contributed by atoms with Gasteiger partial charge in [0.05, 0.1) is 28.6 Å². The highest BCUT2D eigenvalue weighted by atomic mass is 32.1. The second kappa shape index (κ2) is 9.55. The number of nitrogens with zero attached hydrogens (tertiary/aromatic N) is 3. The van der Waals surface area contributed by atoms with Gasteiger partial charge in [-0.2, -0.15) is 4.68 Å². The van der Waals surface area contributed by atoms with E-state index in [2.05, 4.69) is 15.1 Å². The van der Waals surface area contributed by atoms with E-state index in [1.807, 2.05) is 85.9 Å². The Bertz CT molecular complexity index is 1770. The Morgan fingerprint density at radius 3 is 2.70 bits per heavy atom. The number of thiazole rings is 1. The van der Waals surface area contributed by atoms with Gasteiger partial charge in [-0.15, -0.1) is 0 Å². The van der Waals surface area contributed by atoms with E-state index in [0.29, 0.717) is 23.0 Å². The summed E-state index contributed by atoms with van der Waals surface area (Å²) >= 11 is 1.48. The number of aromatic nitrogens is 4. The Balaban J connectivity index is 1.37.